The van der Waals surface area contributed by atoms with Crippen LogP contribution in [0.5, 0.6) is 0 Å². The number of benzene rings is 6. The van der Waals surface area contributed by atoms with Crippen LogP contribution in [-0.2, 0) is 32.1 Å². The summed E-state index contributed by atoms with van der Waals surface area (Å²) in [4.78, 5) is 30.5. The van der Waals surface area contributed by atoms with Crippen LogP contribution in [0.4, 0.5) is 45.0 Å². The van der Waals surface area contributed by atoms with Crippen LogP contribution < -0.4 is 17.2 Å². The summed E-state index contributed by atoms with van der Waals surface area (Å²) in [5, 5.41) is 46.0. The highest BCUT2D eigenvalue weighted by Gasteiger charge is 2.22. The number of hydrogen-bond donors (Lipinski definition) is 4. The van der Waals surface area contributed by atoms with Crippen LogP contribution in [0.15, 0.2) is 264 Å². The number of hydrogen-bond acceptors (Lipinski definition) is 18. The van der Waals surface area contributed by atoms with Crippen molar-refractivity contribution < 1.29 is 22.0 Å². The second kappa shape index (κ2) is 32.8. The zero-order valence-corrected chi connectivity index (χ0v) is 57.7. The Balaban J connectivity index is 0.000000121. The Morgan fingerprint density at radius 2 is 0.794 bits per heavy atom. The molecular formula is C77H58BrF5N24. The van der Waals surface area contributed by atoms with Crippen LogP contribution in [0.25, 0.3) is 39.1 Å². The molecule has 17 rings (SSSR count). The third kappa shape index (κ3) is 16.5. The number of nitrogen functional groups attached to an aromatic ring is 3. The van der Waals surface area contributed by atoms with Gasteiger partial charge in [-0.1, -0.05) is 109 Å². The Bertz CT molecular complexity index is 6090. The number of halogens is 6. The standard InChI is InChI=1S/C23H18FN9.C14H12FN5.C14H9FN4.C13H9BrFN3.C13H10FN3/c24-16-10-5-4-7-14(16)13-18-28-19(17-11-6-12-27-33(17)18)23-29-21(25)20(22(26)30-23)32-31-15-8-2-1-3-9-15;15-10-5-2-1-4-9(10)8-12-19-13(14(16)17)11-6-3-7-18-20(11)12;15-11-5-2-1-4-10(11)8-14-18-12(9-16)13-6-3-7-17-19(13)14;14-13-11-6-3-7-16-18(11)12(17-13)8-9-4-1-2-5-10(9)15;14-12-6-2-1-4-10(12)8-13-15-9-11-5-3-7-16-17(11)13/h1-12H,13H2,(H4,25,26,29,30);1-7H,8H2,(H3,16,17);1-7H,8H2;1-7H,8H2;1-7,9H,8H2. The molecular weight excluding hydrogens is 1440 g/mol. The van der Waals surface area contributed by atoms with Gasteiger partial charge in [0.15, 0.2) is 28.8 Å². The van der Waals surface area contributed by atoms with Crippen molar-refractivity contribution in [1.29, 1.82) is 10.7 Å². The molecule has 0 fully saturated rings. The molecule has 0 saturated heterocycles. The number of imidazole rings is 5. The van der Waals surface area contributed by atoms with Crippen molar-refractivity contribution in [3.05, 3.63) is 352 Å². The van der Waals surface area contributed by atoms with Gasteiger partial charge in [0.05, 0.1) is 34.0 Å². The first-order valence-electron chi connectivity index (χ1n) is 32.7. The number of nitrogens with two attached hydrogens (primary N) is 3. The summed E-state index contributed by atoms with van der Waals surface area (Å²) in [6.07, 6.45) is 11.6. The van der Waals surface area contributed by atoms with E-state index in [1.54, 1.807) is 181 Å². The Morgan fingerprint density at radius 1 is 0.411 bits per heavy atom. The zero-order chi connectivity index (χ0) is 74.3. The maximum Gasteiger partial charge on any atom is 0.184 e. The van der Waals surface area contributed by atoms with Gasteiger partial charge >= 0.3 is 0 Å². The lowest BCUT2D eigenvalue weighted by Gasteiger charge is -2.05. The average Bonchev–Trinajstić information content (AvgIpc) is 1.66. The molecule has 0 aliphatic heterocycles. The summed E-state index contributed by atoms with van der Waals surface area (Å²) in [5.41, 5.74) is 26.2. The largest absolute Gasteiger partial charge is 0.382 e. The minimum Gasteiger partial charge on any atom is -0.382 e. The van der Waals surface area contributed by atoms with Crippen molar-refractivity contribution in [3.8, 4) is 17.6 Å². The summed E-state index contributed by atoms with van der Waals surface area (Å²) in [6.45, 7) is 0. The lowest BCUT2D eigenvalue weighted by molar-refractivity contribution is 0.610. The molecule has 107 heavy (non-hydrogen) atoms. The number of fused-ring (bicyclic) bond motifs is 5. The van der Waals surface area contributed by atoms with E-state index in [-0.39, 0.29) is 70.9 Å². The fraction of sp³-hybridized carbons (Fsp3) is 0.0649. The van der Waals surface area contributed by atoms with Gasteiger partial charge in [0.1, 0.15) is 91.6 Å². The number of aromatic nitrogens is 17. The molecule has 528 valence electrons. The van der Waals surface area contributed by atoms with Crippen molar-refractivity contribution in [2.45, 2.75) is 32.1 Å². The van der Waals surface area contributed by atoms with Crippen molar-refractivity contribution in [2.75, 3.05) is 11.5 Å². The van der Waals surface area contributed by atoms with Gasteiger partial charge in [0, 0.05) is 63.1 Å². The van der Waals surface area contributed by atoms with Crippen LogP contribution in [0.3, 0.4) is 0 Å². The summed E-state index contributed by atoms with van der Waals surface area (Å²) in [7, 11) is 0. The Hall–Kier alpha value is -14.2. The van der Waals surface area contributed by atoms with Gasteiger partial charge in [-0.25, -0.2) is 79.4 Å². The number of anilines is 2. The summed E-state index contributed by atoms with van der Waals surface area (Å²) in [5.74, 6) is 1.99. The van der Waals surface area contributed by atoms with E-state index in [0.29, 0.717) is 110 Å². The van der Waals surface area contributed by atoms with E-state index in [4.69, 9.17) is 27.9 Å². The normalized spacial score (nSPS) is 11.0. The van der Waals surface area contributed by atoms with Crippen molar-refractivity contribution in [3.63, 3.8) is 0 Å². The van der Waals surface area contributed by atoms with Crippen molar-refractivity contribution >= 4 is 72.4 Å². The predicted molar refractivity (Wildman–Crippen MR) is 395 cm³/mol. The molecule has 0 saturated carbocycles. The highest BCUT2D eigenvalue weighted by molar-refractivity contribution is 9.10. The second-order valence-electron chi connectivity index (χ2n) is 23.3. The molecule has 7 N–H and O–H groups in total. The first-order valence-corrected chi connectivity index (χ1v) is 33.5. The van der Waals surface area contributed by atoms with Crippen LogP contribution in [0.1, 0.15) is 68.3 Å². The Kier molecular flexibility index (Phi) is 21.9. The predicted octanol–water partition coefficient (Wildman–Crippen LogP) is 14.3. The van der Waals surface area contributed by atoms with Gasteiger partial charge < -0.3 is 17.2 Å². The number of nitriles is 1. The fourth-order valence-electron chi connectivity index (χ4n) is 11.2. The molecule has 0 radical (unpaired) electrons. The fourth-order valence-corrected chi connectivity index (χ4v) is 11.7. The van der Waals surface area contributed by atoms with Crippen LogP contribution >= 0.6 is 15.9 Å². The second-order valence-corrected chi connectivity index (χ2v) is 24.1. The third-order valence-electron chi connectivity index (χ3n) is 16.3. The monoisotopic (exact) mass is 1490 g/mol. The smallest absolute Gasteiger partial charge is 0.184 e. The molecule has 11 aromatic heterocycles. The highest BCUT2D eigenvalue weighted by Crippen LogP contribution is 2.33. The average molecular weight is 1490 g/mol. The summed E-state index contributed by atoms with van der Waals surface area (Å²) >= 11 is 3.38. The van der Waals surface area contributed by atoms with Crippen LogP contribution in [-0.4, -0.2) is 88.8 Å². The molecule has 0 bridgehead atoms. The van der Waals surface area contributed by atoms with Gasteiger partial charge in [-0.2, -0.15) is 35.9 Å². The zero-order valence-electron chi connectivity index (χ0n) is 56.2. The van der Waals surface area contributed by atoms with E-state index < -0.39 is 0 Å². The van der Waals surface area contributed by atoms with Crippen LogP contribution in [0.2, 0.25) is 0 Å². The van der Waals surface area contributed by atoms with Gasteiger partial charge in [-0.3, -0.25) is 5.41 Å². The maximum atomic E-state index is 14.2. The number of rotatable bonds is 14. The van der Waals surface area contributed by atoms with Gasteiger partial charge in [-0.15, -0.1) is 5.11 Å². The first kappa shape index (κ1) is 71.2. The number of amidine groups is 1. The van der Waals surface area contributed by atoms with Crippen molar-refractivity contribution in [2.24, 2.45) is 16.0 Å². The number of azo groups is 1. The SMILES string of the molecule is Fc1ccccc1Cc1nc(Br)c2cccnn12.Fc1ccccc1Cc1ncc2cccnn12.N#Cc1nc(Cc2ccccc2F)n2ncccc12.N=C(N)c1nc(Cc2ccccc2F)n2ncccc12.Nc1nc(-c2nc(Cc3ccccc3F)n3ncccc23)nc(N)c1N=Nc1ccccc1. The lowest BCUT2D eigenvalue weighted by Crippen LogP contribution is -2.12. The maximum absolute atomic E-state index is 14.2. The minimum absolute atomic E-state index is 0.0675. The van der Waals surface area contributed by atoms with E-state index in [1.165, 1.54) is 30.3 Å². The molecule has 0 unspecified atom stereocenters. The molecule has 17 aromatic rings. The molecule has 0 spiro atoms. The van der Waals surface area contributed by atoms with E-state index in [2.05, 4.69) is 86.5 Å². The highest BCUT2D eigenvalue weighted by atomic mass is 79.9. The van der Waals surface area contributed by atoms with E-state index in [9.17, 15) is 22.0 Å². The molecule has 0 amide bonds. The first-order chi connectivity index (χ1) is 52.2. The van der Waals surface area contributed by atoms with E-state index in [0.717, 1.165) is 21.5 Å². The molecule has 24 nitrogen and oxygen atoms in total. The summed E-state index contributed by atoms with van der Waals surface area (Å²) < 4.78 is 77.7. The Labute approximate surface area is 613 Å². The molecule has 30 heteroatoms. The molecule has 0 aliphatic carbocycles. The molecule has 0 aliphatic rings. The molecule has 11 heterocycles. The van der Waals surface area contributed by atoms with Crippen LogP contribution in [0, 0.1) is 45.8 Å². The quantitative estimate of drug-likeness (QED) is 0.0340. The van der Waals surface area contributed by atoms with E-state index in [1.807, 2.05) is 66.7 Å². The minimum atomic E-state index is -0.315. The third-order valence-corrected chi connectivity index (χ3v) is 16.9. The summed E-state index contributed by atoms with van der Waals surface area (Å²) in [6, 6.07) is 62.3. The topological polar surface area (TPSA) is 327 Å². The van der Waals surface area contributed by atoms with Gasteiger partial charge in [0.25, 0.3) is 0 Å². The number of nitrogens with one attached hydrogen (secondary N) is 1. The van der Waals surface area contributed by atoms with Crippen molar-refractivity contribution in [1.82, 2.24) is 83.0 Å². The lowest BCUT2D eigenvalue weighted by atomic mass is 10.1. The number of nitrogens with zero attached hydrogens (tertiary/aromatic N) is 20. The van der Waals surface area contributed by atoms with E-state index >= 15 is 0 Å². The molecule has 0 atom stereocenters. The molecule has 6 aromatic carbocycles. The van der Waals surface area contributed by atoms with Gasteiger partial charge in [-0.05, 0) is 147 Å². The Morgan fingerprint density at radius 3 is 1.28 bits per heavy atom. The van der Waals surface area contributed by atoms with Gasteiger partial charge in [0.2, 0.25) is 0 Å².